The van der Waals surface area contributed by atoms with Crippen LogP contribution in [0.2, 0.25) is 0 Å². The highest BCUT2D eigenvalue weighted by molar-refractivity contribution is 5.00. The molecule has 0 aliphatic carbocycles. The Labute approximate surface area is 117 Å². The Balaban J connectivity index is 1.71. The summed E-state index contributed by atoms with van der Waals surface area (Å²) in [7, 11) is 0. The van der Waals surface area contributed by atoms with Crippen LogP contribution in [0.4, 0.5) is 0 Å². The van der Waals surface area contributed by atoms with Gasteiger partial charge in [-0.05, 0) is 51.8 Å². The SMILES string of the molecule is CCCn1nccc1CNCC1CCN(C(C)C)C1. The van der Waals surface area contributed by atoms with Gasteiger partial charge in [0.15, 0.2) is 0 Å². The van der Waals surface area contributed by atoms with E-state index in [1.807, 2.05) is 6.20 Å². The van der Waals surface area contributed by atoms with Crippen LogP contribution in [0.5, 0.6) is 0 Å². The van der Waals surface area contributed by atoms with Crippen LogP contribution in [0, 0.1) is 5.92 Å². The third-order valence-corrected chi connectivity index (χ3v) is 4.03. The third kappa shape index (κ3) is 4.05. The number of nitrogens with zero attached hydrogens (tertiary/aromatic N) is 3. The average Bonchev–Trinajstić information content (AvgIpc) is 3.00. The standard InChI is InChI=1S/C15H28N4/c1-4-8-19-15(5-7-17-19)11-16-10-14-6-9-18(12-14)13(2)3/h5,7,13-14,16H,4,6,8-12H2,1-3H3. The van der Waals surface area contributed by atoms with Crippen molar-refractivity contribution in [2.45, 2.75) is 52.7 Å². The molecule has 1 aliphatic heterocycles. The molecule has 1 saturated heterocycles. The molecule has 1 unspecified atom stereocenters. The Bertz CT molecular complexity index is 372. The monoisotopic (exact) mass is 264 g/mol. The van der Waals surface area contributed by atoms with Crippen LogP contribution in [-0.4, -0.2) is 40.4 Å². The molecule has 0 amide bonds. The molecular formula is C15H28N4. The molecule has 4 heteroatoms. The summed E-state index contributed by atoms with van der Waals surface area (Å²) in [6.07, 6.45) is 4.38. The van der Waals surface area contributed by atoms with Crippen molar-refractivity contribution in [3.05, 3.63) is 18.0 Å². The summed E-state index contributed by atoms with van der Waals surface area (Å²) >= 11 is 0. The van der Waals surface area contributed by atoms with E-state index < -0.39 is 0 Å². The molecule has 108 valence electrons. The molecule has 0 aromatic carbocycles. The van der Waals surface area contributed by atoms with Gasteiger partial charge in [0.25, 0.3) is 0 Å². The minimum atomic E-state index is 0.691. The Morgan fingerprint density at radius 3 is 3.00 bits per heavy atom. The lowest BCUT2D eigenvalue weighted by Gasteiger charge is -2.20. The van der Waals surface area contributed by atoms with Crippen molar-refractivity contribution in [2.24, 2.45) is 5.92 Å². The zero-order chi connectivity index (χ0) is 13.7. The molecule has 4 nitrogen and oxygen atoms in total. The van der Waals surface area contributed by atoms with Gasteiger partial charge in [-0.1, -0.05) is 6.92 Å². The molecule has 1 aromatic heterocycles. The predicted octanol–water partition coefficient (Wildman–Crippen LogP) is 2.11. The molecule has 19 heavy (non-hydrogen) atoms. The zero-order valence-electron chi connectivity index (χ0n) is 12.6. The first kappa shape index (κ1) is 14.5. The summed E-state index contributed by atoms with van der Waals surface area (Å²) < 4.78 is 2.11. The molecule has 1 aromatic rings. The molecule has 0 spiro atoms. The van der Waals surface area contributed by atoms with Crippen molar-refractivity contribution >= 4 is 0 Å². The van der Waals surface area contributed by atoms with Gasteiger partial charge in [-0.25, -0.2) is 0 Å². The predicted molar refractivity (Wildman–Crippen MR) is 79.0 cm³/mol. The quantitative estimate of drug-likeness (QED) is 0.819. The largest absolute Gasteiger partial charge is 0.311 e. The van der Waals surface area contributed by atoms with Crippen molar-refractivity contribution in [2.75, 3.05) is 19.6 Å². The molecule has 2 rings (SSSR count). The highest BCUT2D eigenvalue weighted by atomic mass is 15.3. The lowest BCUT2D eigenvalue weighted by molar-refractivity contribution is 0.264. The van der Waals surface area contributed by atoms with Crippen molar-refractivity contribution in [3.8, 4) is 0 Å². The smallest absolute Gasteiger partial charge is 0.0522 e. The van der Waals surface area contributed by atoms with Gasteiger partial charge in [0.05, 0.1) is 5.69 Å². The van der Waals surface area contributed by atoms with Gasteiger partial charge in [-0.15, -0.1) is 0 Å². The van der Waals surface area contributed by atoms with Gasteiger partial charge < -0.3 is 10.2 Å². The molecular weight excluding hydrogens is 236 g/mol. The van der Waals surface area contributed by atoms with E-state index in [1.54, 1.807) is 0 Å². The summed E-state index contributed by atoms with van der Waals surface area (Å²) in [6.45, 7) is 12.4. The van der Waals surface area contributed by atoms with Crippen LogP contribution in [0.3, 0.4) is 0 Å². The molecule has 1 fully saturated rings. The van der Waals surface area contributed by atoms with Crippen LogP contribution in [-0.2, 0) is 13.1 Å². The number of hydrogen-bond donors (Lipinski definition) is 1. The third-order valence-electron chi connectivity index (χ3n) is 4.03. The van der Waals surface area contributed by atoms with Crippen LogP contribution in [0.15, 0.2) is 12.3 Å². The molecule has 0 bridgehead atoms. The minimum absolute atomic E-state index is 0.691. The maximum Gasteiger partial charge on any atom is 0.0522 e. The van der Waals surface area contributed by atoms with E-state index >= 15 is 0 Å². The molecule has 1 aliphatic rings. The van der Waals surface area contributed by atoms with Gasteiger partial charge in [-0.2, -0.15) is 5.10 Å². The van der Waals surface area contributed by atoms with E-state index in [0.717, 1.165) is 32.0 Å². The van der Waals surface area contributed by atoms with Gasteiger partial charge in [0.1, 0.15) is 0 Å². The maximum atomic E-state index is 4.36. The number of nitrogens with one attached hydrogen (secondary N) is 1. The van der Waals surface area contributed by atoms with E-state index in [9.17, 15) is 0 Å². The van der Waals surface area contributed by atoms with Gasteiger partial charge in [0, 0.05) is 31.9 Å². The molecule has 1 atom stereocenters. The first-order valence-corrected chi connectivity index (χ1v) is 7.66. The van der Waals surface area contributed by atoms with Crippen molar-refractivity contribution in [1.29, 1.82) is 0 Å². The minimum Gasteiger partial charge on any atom is -0.311 e. The number of likely N-dealkylation sites (tertiary alicyclic amines) is 1. The van der Waals surface area contributed by atoms with E-state index in [-0.39, 0.29) is 0 Å². The van der Waals surface area contributed by atoms with E-state index in [0.29, 0.717) is 6.04 Å². The first-order chi connectivity index (χ1) is 9.20. The summed E-state index contributed by atoms with van der Waals surface area (Å²) in [4.78, 5) is 2.58. The lowest BCUT2D eigenvalue weighted by Crippen LogP contribution is -2.30. The van der Waals surface area contributed by atoms with E-state index in [2.05, 4.69) is 46.8 Å². The highest BCUT2D eigenvalue weighted by Gasteiger charge is 2.23. The molecule has 1 N–H and O–H groups in total. The van der Waals surface area contributed by atoms with E-state index in [1.165, 1.54) is 25.2 Å². The second kappa shape index (κ2) is 7.06. The fraction of sp³-hybridized carbons (Fsp3) is 0.800. The Hall–Kier alpha value is -0.870. The number of rotatable bonds is 7. The zero-order valence-corrected chi connectivity index (χ0v) is 12.6. The Morgan fingerprint density at radius 1 is 1.47 bits per heavy atom. The number of hydrogen-bond acceptors (Lipinski definition) is 3. The van der Waals surface area contributed by atoms with Crippen molar-refractivity contribution in [3.63, 3.8) is 0 Å². The van der Waals surface area contributed by atoms with Crippen molar-refractivity contribution in [1.82, 2.24) is 20.0 Å². The molecule has 2 heterocycles. The average molecular weight is 264 g/mol. The summed E-state index contributed by atoms with van der Waals surface area (Å²) in [5.74, 6) is 0.810. The van der Waals surface area contributed by atoms with Gasteiger partial charge >= 0.3 is 0 Å². The summed E-state index contributed by atoms with van der Waals surface area (Å²) in [5, 5.41) is 7.96. The maximum absolute atomic E-state index is 4.36. The van der Waals surface area contributed by atoms with Gasteiger partial charge in [-0.3, -0.25) is 4.68 Å². The van der Waals surface area contributed by atoms with Crippen molar-refractivity contribution < 1.29 is 0 Å². The second-order valence-corrected chi connectivity index (χ2v) is 5.92. The normalized spacial score (nSPS) is 20.5. The van der Waals surface area contributed by atoms with Crippen LogP contribution < -0.4 is 5.32 Å². The second-order valence-electron chi connectivity index (χ2n) is 5.92. The lowest BCUT2D eigenvalue weighted by atomic mass is 10.1. The topological polar surface area (TPSA) is 33.1 Å². The fourth-order valence-corrected chi connectivity index (χ4v) is 2.83. The Morgan fingerprint density at radius 2 is 2.32 bits per heavy atom. The summed E-state index contributed by atoms with van der Waals surface area (Å²) in [6, 6.07) is 2.81. The van der Waals surface area contributed by atoms with Crippen LogP contribution in [0.25, 0.3) is 0 Å². The molecule has 0 radical (unpaired) electrons. The van der Waals surface area contributed by atoms with E-state index in [4.69, 9.17) is 0 Å². The number of aryl methyl sites for hydroxylation is 1. The van der Waals surface area contributed by atoms with Crippen LogP contribution in [0.1, 0.15) is 39.3 Å². The first-order valence-electron chi connectivity index (χ1n) is 7.66. The highest BCUT2D eigenvalue weighted by Crippen LogP contribution is 2.17. The fourth-order valence-electron chi connectivity index (χ4n) is 2.83. The Kier molecular flexibility index (Phi) is 5.40. The summed E-state index contributed by atoms with van der Waals surface area (Å²) in [5.41, 5.74) is 1.31. The van der Waals surface area contributed by atoms with Crippen LogP contribution >= 0.6 is 0 Å². The number of aromatic nitrogens is 2. The molecule has 0 saturated carbocycles. The van der Waals surface area contributed by atoms with Gasteiger partial charge in [0.2, 0.25) is 0 Å².